The van der Waals surface area contributed by atoms with E-state index in [0.717, 1.165) is 62.6 Å². The molecule has 0 aromatic heterocycles. The van der Waals surface area contributed by atoms with Gasteiger partial charge in [-0.15, -0.1) is 0 Å². The first-order valence-electron chi connectivity index (χ1n) is 16.1. The van der Waals surface area contributed by atoms with E-state index in [1.165, 1.54) is 32.1 Å². The fraction of sp³-hybridized carbons (Fsp3) is 0.706. The van der Waals surface area contributed by atoms with Gasteiger partial charge >= 0.3 is 5.97 Å². The van der Waals surface area contributed by atoms with E-state index < -0.39 is 11.6 Å². The molecule has 1 heterocycles. The molecule has 226 valence electrons. The molecule has 7 heteroatoms. The highest BCUT2D eigenvalue weighted by atomic mass is 16.4. The van der Waals surface area contributed by atoms with Crippen molar-refractivity contribution in [1.29, 1.82) is 0 Å². The minimum absolute atomic E-state index is 0.0923. The van der Waals surface area contributed by atoms with E-state index in [0.29, 0.717) is 17.4 Å². The number of unbranched alkanes of at least 4 members (excludes halogenated alkanes) is 1. The van der Waals surface area contributed by atoms with Gasteiger partial charge in [-0.1, -0.05) is 84.8 Å². The second-order valence-corrected chi connectivity index (χ2v) is 13.7. The van der Waals surface area contributed by atoms with E-state index in [-0.39, 0.29) is 36.2 Å². The molecule has 1 aromatic carbocycles. The fourth-order valence-corrected chi connectivity index (χ4v) is 7.29. The fourth-order valence-electron chi connectivity index (χ4n) is 7.29. The number of nitrogens with zero attached hydrogens (tertiary/aromatic N) is 2. The number of aliphatic carboxylic acids is 1. The van der Waals surface area contributed by atoms with E-state index in [1.807, 2.05) is 12.1 Å². The van der Waals surface area contributed by atoms with Gasteiger partial charge in [-0.25, -0.2) is 0 Å². The maximum absolute atomic E-state index is 14.3. The van der Waals surface area contributed by atoms with Crippen LogP contribution in [0.5, 0.6) is 0 Å². The number of rotatable bonds is 11. The van der Waals surface area contributed by atoms with Gasteiger partial charge in [0.05, 0.1) is 12.5 Å². The first kappa shape index (κ1) is 31.2. The Morgan fingerprint density at radius 1 is 1.07 bits per heavy atom. The molecule has 41 heavy (non-hydrogen) atoms. The van der Waals surface area contributed by atoms with Crippen molar-refractivity contribution >= 4 is 23.5 Å². The summed E-state index contributed by atoms with van der Waals surface area (Å²) in [6, 6.07) is 7.47. The van der Waals surface area contributed by atoms with Gasteiger partial charge in [-0.05, 0) is 73.5 Å². The van der Waals surface area contributed by atoms with Crippen LogP contribution in [-0.4, -0.2) is 45.7 Å². The molecule has 1 aromatic rings. The predicted molar refractivity (Wildman–Crippen MR) is 163 cm³/mol. The summed E-state index contributed by atoms with van der Waals surface area (Å²) < 4.78 is 0. The molecule has 1 aliphatic heterocycles. The molecule has 0 saturated heterocycles. The Morgan fingerprint density at radius 3 is 2.32 bits per heavy atom. The highest BCUT2D eigenvalue weighted by molar-refractivity contribution is 6.40. The van der Waals surface area contributed by atoms with Gasteiger partial charge in [0.1, 0.15) is 11.4 Å². The number of carboxylic acids is 1. The largest absolute Gasteiger partial charge is 0.481 e. The maximum atomic E-state index is 14.3. The Labute approximate surface area is 246 Å². The molecule has 4 rings (SSSR count). The average Bonchev–Trinajstić information content (AvgIpc) is 3.19. The van der Waals surface area contributed by atoms with Crippen LogP contribution in [0.25, 0.3) is 0 Å². The van der Waals surface area contributed by atoms with Crippen LogP contribution >= 0.6 is 0 Å². The maximum Gasteiger partial charge on any atom is 0.305 e. The number of carboxylic acid groups (broad SMARTS) is 1. The van der Waals surface area contributed by atoms with Crippen LogP contribution in [0.2, 0.25) is 0 Å². The summed E-state index contributed by atoms with van der Waals surface area (Å²) in [4.78, 5) is 45.3. The normalized spacial score (nSPS) is 24.4. The molecular weight excluding hydrogens is 514 g/mol. The van der Waals surface area contributed by atoms with Crippen molar-refractivity contribution in [3.63, 3.8) is 0 Å². The number of hydrogen-bond donors (Lipinski definition) is 2. The van der Waals surface area contributed by atoms with E-state index in [9.17, 15) is 14.4 Å². The van der Waals surface area contributed by atoms with Gasteiger partial charge in [0.15, 0.2) is 0 Å². The van der Waals surface area contributed by atoms with Crippen molar-refractivity contribution < 1.29 is 19.5 Å². The third kappa shape index (κ3) is 7.58. The first-order valence-corrected chi connectivity index (χ1v) is 16.1. The zero-order valence-corrected chi connectivity index (χ0v) is 25.7. The molecule has 2 saturated carbocycles. The molecule has 3 aliphatic rings. The van der Waals surface area contributed by atoms with Crippen molar-refractivity contribution in [3.8, 4) is 0 Å². The number of carbonyl (C=O) groups excluding carboxylic acids is 2. The SMILES string of the molecule is CCCC[C@H](c1ccc(C(=O)NCCC(=O)O)cc1)N1C(=O)C(CC2CCCCC2)=NC12CCC(C(C)(C)C)CC2. The summed E-state index contributed by atoms with van der Waals surface area (Å²) in [5.41, 5.74) is 2.10. The highest BCUT2D eigenvalue weighted by Gasteiger charge is 2.52. The molecule has 7 nitrogen and oxygen atoms in total. The Balaban J connectivity index is 1.61. The van der Waals surface area contributed by atoms with Crippen molar-refractivity contribution in [1.82, 2.24) is 10.2 Å². The van der Waals surface area contributed by atoms with Gasteiger partial charge < -0.3 is 15.3 Å². The lowest BCUT2D eigenvalue weighted by atomic mass is 9.69. The summed E-state index contributed by atoms with van der Waals surface area (Å²) >= 11 is 0. The van der Waals surface area contributed by atoms with E-state index in [4.69, 9.17) is 10.1 Å². The number of nitrogens with one attached hydrogen (secondary N) is 1. The van der Waals surface area contributed by atoms with Gasteiger partial charge in [-0.3, -0.25) is 19.4 Å². The van der Waals surface area contributed by atoms with Crippen LogP contribution in [0.3, 0.4) is 0 Å². The zero-order chi connectivity index (χ0) is 29.6. The smallest absolute Gasteiger partial charge is 0.305 e. The second kappa shape index (κ2) is 13.5. The van der Waals surface area contributed by atoms with Crippen LogP contribution < -0.4 is 5.32 Å². The minimum Gasteiger partial charge on any atom is -0.481 e. The Morgan fingerprint density at radius 2 is 1.73 bits per heavy atom. The molecule has 0 unspecified atom stereocenters. The lowest BCUT2D eigenvalue weighted by Gasteiger charge is -2.47. The van der Waals surface area contributed by atoms with Crippen LogP contribution in [0, 0.1) is 17.3 Å². The predicted octanol–water partition coefficient (Wildman–Crippen LogP) is 7.31. The first-order chi connectivity index (χ1) is 19.5. The quantitative estimate of drug-likeness (QED) is 0.294. The third-order valence-corrected chi connectivity index (χ3v) is 9.80. The monoisotopic (exact) mass is 565 g/mol. The van der Waals surface area contributed by atoms with Crippen LogP contribution in [-0.2, 0) is 9.59 Å². The number of benzene rings is 1. The van der Waals surface area contributed by atoms with E-state index in [1.54, 1.807) is 12.1 Å². The molecule has 2 aliphatic carbocycles. The number of carbonyl (C=O) groups is 3. The van der Waals surface area contributed by atoms with Gasteiger partial charge in [0.25, 0.3) is 11.8 Å². The molecule has 0 radical (unpaired) electrons. The molecule has 1 spiro atoms. The van der Waals surface area contributed by atoms with E-state index >= 15 is 0 Å². The van der Waals surface area contributed by atoms with Crippen molar-refractivity contribution in [3.05, 3.63) is 35.4 Å². The summed E-state index contributed by atoms with van der Waals surface area (Å²) in [6.45, 7) is 9.26. The zero-order valence-electron chi connectivity index (χ0n) is 25.7. The minimum atomic E-state index is -0.940. The average molecular weight is 566 g/mol. The molecule has 0 bridgehead atoms. The van der Waals surface area contributed by atoms with E-state index in [2.05, 4.69) is 37.9 Å². The molecule has 2 fully saturated rings. The third-order valence-electron chi connectivity index (χ3n) is 9.80. The summed E-state index contributed by atoms with van der Waals surface area (Å²) in [5.74, 6) is 0.0832. The lowest BCUT2D eigenvalue weighted by molar-refractivity contribution is -0.137. The van der Waals surface area contributed by atoms with Gasteiger partial charge in [0.2, 0.25) is 0 Å². The van der Waals surface area contributed by atoms with Crippen molar-refractivity contribution in [2.45, 2.75) is 129 Å². The molecule has 2 N–H and O–H groups in total. The summed E-state index contributed by atoms with van der Waals surface area (Å²) in [7, 11) is 0. The molecule has 1 atom stereocenters. The Hall–Kier alpha value is -2.70. The Kier molecular flexibility index (Phi) is 10.3. The van der Waals surface area contributed by atoms with Crippen LogP contribution in [0.4, 0.5) is 0 Å². The number of aliphatic imine (C=N–C) groups is 1. The van der Waals surface area contributed by atoms with Crippen molar-refractivity contribution in [2.24, 2.45) is 22.2 Å². The summed E-state index contributed by atoms with van der Waals surface area (Å²) in [5, 5.41) is 11.5. The number of amides is 2. The summed E-state index contributed by atoms with van der Waals surface area (Å²) in [6.07, 6.45) is 13.8. The van der Waals surface area contributed by atoms with Crippen LogP contribution in [0.1, 0.15) is 140 Å². The topological polar surface area (TPSA) is 99.1 Å². The number of hydrogen-bond acceptors (Lipinski definition) is 4. The second-order valence-electron chi connectivity index (χ2n) is 13.7. The van der Waals surface area contributed by atoms with Gasteiger partial charge in [-0.2, -0.15) is 0 Å². The highest BCUT2D eigenvalue weighted by Crippen LogP contribution is 2.50. The van der Waals surface area contributed by atoms with Crippen LogP contribution in [0.15, 0.2) is 29.3 Å². The van der Waals surface area contributed by atoms with Crippen molar-refractivity contribution in [2.75, 3.05) is 6.54 Å². The lowest BCUT2D eigenvalue weighted by Crippen LogP contribution is -2.51. The Bertz CT molecular complexity index is 1090. The molecule has 2 amide bonds. The van der Waals surface area contributed by atoms with Gasteiger partial charge in [0, 0.05) is 12.1 Å². The molecular formula is C34H51N3O4. The standard InChI is InChI=1S/C34H51N3O4/c1-5-6-12-29(25-13-15-26(16-14-25)31(40)35-22-19-30(38)39)37-32(41)28(23-24-10-8-7-9-11-24)36-34(37)20-17-27(18-21-34)33(2,3)4/h13-16,24,27,29H,5-12,17-23H2,1-4H3,(H,35,40)(H,38,39)/t27?,29-,34?/m1/s1.